The van der Waals surface area contributed by atoms with Gasteiger partial charge in [-0.3, -0.25) is 0 Å². The number of hydrogen-bond donors (Lipinski definition) is 0. The van der Waals surface area contributed by atoms with Crippen molar-refractivity contribution in [1.82, 2.24) is 0 Å². The molecule has 14 heavy (non-hydrogen) atoms. The van der Waals surface area contributed by atoms with Gasteiger partial charge in [-0.2, -0.15) is 0 Å². The molecule has 2 saturated carbocycles. The highest BCUT2D eigenvalue weighted by Gasteiger charge is 2.69. The van der Waals surface area contributed by atoms with Gasteiger partial charge in [-0.1, -0.05) is 20.8 Å². The van der Waals surface area contributed by atoms with E-state index in [0.717, 1.165) is 19.6 Å². The molecule has 0 aromatic carbocycles. The molecule has 80 valence electrons. The second-order valence-electron chi connectivity index (χ2n) is 6.06. The van der Waals surface area contributed by atoms with E-state index in [0.29, 0.717) is 16.7 Å². The van der Waals surface area contributed by atoms with Crippen LogP contribution >= 0.6 is 0 Å². The van der Waals surface area contributed by atoms with Crippen molar-refractivity contribution in [3.8, 4) is 0 Å². The molecular weight excluding hydrogens is 176 g/mol. The van der Waals surface area contributed by atoms with Crippen LogP contribution < -0.4 is 0 Å². The Labute approximate surface area is 86.0 Å². The van der Waals surface area contributed by atoms with Crippen LogP contribution in [0.4, 0.5) is 0 Å². The summed E-state index contributed by atoms with van der Waals surface area (Å²) in [4.78, 5) is 0. The van der Waals surface area contributed by atoms with Gasteiger partial charge in [0.1, 0.15) is 0 Å². The van der Waals surface area contributed by atoms with Crippen LogP contribution in [0.2, 0.25) is 0 Å². The molecule has 0 N–H and O–H groups in total. The average Bonchev–Trinajstić information content (AvgIpc) is 2.64. The van der Waals surface area contributed by atoms with Gasteiger partial charge in [-0.05, 0) is 23.7 Å². The molecule has 3 fully saturated rings. The predicted molar refractivity (Wildman–Crippen MR) is 53.9 cm³/mol. The van der Waals surface area contributed by atoms with Crippen LogP contribution in [0.3, 0.4) is 0 Å². The van der Waals surface area contributed by atoms with E-state index in [1.807, 2.05) is 0 Å². The van der Waals surface area contributed by atoms with Gasteiger partial charge in [0.15, 0.2) is 5.79 Å². The standard InChI is InChI=1S/C12H20O2/c1-10(2)9-4-5-11(10,3)8-12(9)13-6-7-14-12/h9H,4-8H2,1-3H3/t9-,11-/m1/s1. The van der Waals surface area contributed by atoms with Crippen molar-refractivity contribution in [2.24, 2.45) is 16.7 Å². The number of fused-ring (bicyclic) bond motifs is 3. The van der Waals surface area contributed by atoms with Crippen molar-refractivity contribution in [2.75, 3.05) is 13.2 Å². The van der Waals surface area contributed by atoms with Gasteiger partial charge >= 0.3 is 0 Å². The van der Waals surface area contributed by atoms with Crippen molar-refractivity contribution in [2.45, 2.75) is 45.8 Å². The molecule has 1 aliphatic heterocycles. The first-order chi connectivity index (χ1) is 6.50. The van der Waals surface area contributed by atoms with Crippen molar-refractivity contribution in [3.05, 3.63) is 0 Å². The largest absolute Gasteiger partial charge is 0.347 e. The van der Waals surface area contributed by atoms with Gasteiger partial charge in [0, 0.05) is 12.3 Å². The van der Waals surface area contributed by atoms with E-state index in [1.54, 1.807) is 0 Å². The first kappa shape index (κ1) is 9.17. The molecule has 2 atom stereocenters. The summed E-state index contributed by atoms with van der Waals surface area (Å²) in [6.45, 7) is 8.78. The lowest BCUT2D eigenvalue weighted by Crippen LogP contribution is -2.38. The summed E-state index contributed by atoms with van der Waals surface area (Å²) in [5.74, 6) is 0.416. The SMILES string of the molecule is CC1(C)[C@H]2CC[C@]1(C)CC21OCCO1. The normalized spacial score (nSPS) is 47.8. The monoisotopic (exact) mass is 196 g/mol. The Morgan fingerprint density at radius 2 is 1.71 bits per heavy atom. The van der Waals surface area contributed by atoms with Gasteiger partial charge in [-0.25, -0.2) is 0 Å². The lowest BCUT2D eigenvalue weighted by atomic mass is 9.71. The summed E-state index contributed by atoms with van der Waals surface area (Å²) in [6, 6.07) is 0. The molecule has 0 aromatic heterocycles. The van der Waals surface area contributed by atoms with Gasteiger partial charge in [0.05, 0.1) is 13.2 Å². The minimum Gasteiger partial charge on any atom is -0.347 e. The Bertz CT molecular complexity index is 263. The summed E-state index contributed by atoms with van der Waals surface area (Å²) in [5.41, 5.74) is 0.819. The number of hydrogen-bond acceptors (Lipinski definition) is 2. The molecular formula is C12H20O2. The fourth-order valence-electron chi connectivity index (χ4n) is 4.09. The summed E-state index contributed by atoms with van der Waals surface area (Å²) in [5, 5.41) is 0. The van der Waals surface area contributed by atoms with Crippen LogP contribution in [0, 0.1) is 16.7 Å². The Balaban J connectivity index is 2.02. The van der Waals surface area contributed by atoms with Crippen LogP contribution in [-0.2, 0) is 9.47 Å². The van der Waals surface area contributed by atoms with E-state index < -0.39 is 0 Å². The van der Waals surface area contributed by atoms with Crippen molar-refractivity contribution in [3.63, 3.8) is 0 Å². The van der Waals surface area contributed by atoms with E-state index in [1.165, 1.54) is 12.8 Å². The minimum absolute atomic E-state index is 0.198. The second kappa shape index (κ2) is 2.35. The van der Waals surface area contributed by atoms with Crippen LogP contribution in [-0.4, -0.2) is 19.0 Å². The smallest absolute Gasteiger partial charge is 0.172 e. The fraction of sp³-hybridized carbons (Fsp3) is 1.00. The third-order valence-electron chi connectivity index (χ3n) is 5.36. The highest BCUT2D eigenvalue weighted by atomic mass is 16.7. The zero-order valence-electron chi connectivity index (χ0n) is 9.43. The highest BCUT2D eigenvalue weighted by Crippen LogP contribution is 2.70. The molecule has 0 aromatic rings. The molecule has 1 spiro atoms. The Morgan fingerprint density at radius 1 is 1.07 bits per heavy atom. The Kier molecular flexibility index (Phi) is 1.54. The molecule has 3 rings (SSSR count). The summed E-state index contributed by atoms with van der Waals surface area (Å²) in [6.07, 6.45) is 3.74. The molecule has 2 bridgehead atoms. The lowest BCUT2D eigenvalue weighted by Gasteiger charge is -2.34. The predicted octanol–water partition coefficient (Wildman–Crippen LogP) is 2.58. The van der Waals surface area contributed by atoms with Crippen LogP contribution in [0.15, 0.2) is 0 Å². The molecule has 0 unspecified atom stereocenters. The van der Waals surface area contributed by atoms with E-state index in [9.17, 15) is 0 Å². The van der Waals surface area contributed by atoms with E-state index in [2.05, 4.69) is 20.8 Å². The fourth-order valence-corrected chi connectivity index (χ4v) is 4.09. The van der Waals surface area contributed by atoms with Crippen LogP contribution in [0.25, 0.3) is 0 Å². The molecule has 2 heteroatoms. The maximum atomic E-state index is 5.91. The second-order valence-corrected chi connectivity index (χ2v) is 6.06. The van der Waals surface area contributed by atoms with Crippen molar-refractivity contribution in [1.29, 1.82) is 0 Å². The zero-order valence-corrected chi connectivity index (χ0v) is 9.43. The van der Waals surface area contributed by atoms with Crippen LogP contribution in [0.1, 0.15) is 40.0 Å². The minimum atomic E-state index is -0.198. The molecule has 2 aliphatic carbocycles. The van der Waals surface area contributed by atoms with Gasteiger partial charge in [-0.15, -0.1) is 0 Å². The molecule has 0 amide bonds. The third-order valence-corrected chi connectivity index (χ3v) is 5.36. The molecule has 0 radical (unpaired) electrons. The third kappa shape index (κ3) is 0.809. The summed E-state index contributed by atoms with van der Waals surface area (Å²) >= 11 is 0. The molecule has 3 aliphatic rings. The highest BCUT2D eigenvalue weighted by molar-refractivity contribution is 5.14. The van der Waals surface area contributed by atoms with Crippen LogP contribution in [0.5, 0.6) is 0 Å². The topological polar surface area (TPSA) is 18.5 Å². The first-order valence-corrected chi connectivity index (χ1v) is 5.78. The van der Waals surface area contributed by atoms with Crippen molar-refractivity contribution >= 4 is 0 Å². The van der Waals surface area contributed by atoms with E-state index >= 15 is 0 Å². The van der Waals surface area contributed by atoms with Gasteiger partial charge in [0.25, 0.3) is 0 Å². The lowest BCUT2D eigenvalue weighted by molar-refractivity contribution is -0.198. The number of ether oxygens (including phenoxy) is 2. The quantitative estimate of drug-likeness (QED) is 0.593. The first-order valence-electron chi connectivity index (χ1n) is 5.78. The maximum absolute atomic E-state index is 5.91. The van der Waals surface area contributed by atoms with Gasteiger partial charge < -0.3 is 9.47 Å². The number of rotatable bonds is 0. The molecule has 2 nitrogen and oxygen atoms in total. The Morgan fingerprint density at radius 3 is 2.14 bits per heavy atom. The van der Waals surface area contributed by atoms with Gasteiger partial charge in [0.2, 0.25) is 0 Å². The van der Waals surface area contributed by atoms with E-state index in [-0.39, 0.29) is 5.79 Å². The molecule has 1 heterocycles. The average molecular weight is 196 g/mol. The zero-order chi connectivity index (χ0) is 10.0. The summed E-state index contributed by atoms with van der Waals surface area (Å²) in [7, 11) is 0. The van der Waals surface area contributed by atoms with E-state index in [4.69, 9.17) is 9.47 Å². The summed E-state index contributed by atoms with van der Waals surface area (Å²) < 4.78 is 11.8. The Hall–Kier alpha value is -0.0800. The maximum Gasteiger partial charge on any atom is 0.172 e. The van der Waals surface area contributed by atoms with Crippen molar-refractivity contribution < 1.29 is 9.47 Å². The molecule has 1 saturated heterocycles.